The summed E-state index contributed by atoms with van der Waals surface area (Å²) >= 11 is 6.25. The van der Waals surface area contributed by atoms with E-state index in [4.69, 9.17) is 17.3 Å². The van der Waals surface area contributed by atoms with Gasteiger partial charge in [0.25, 0.3) is 0 Å². The van der Waals surface area contributed by atoms with E-state index in [1.807, 2.05) is 10.7 Å². The fourth-order valence-electron chi connectivity index (χ4n) is 2.33. The second-order valence-electron chi connectivity index (χ2n) is 5.86. The molecule has 2 aromatic rings. The number of hydrogen-bond donors (Lipinski definition) is 1. The Morgan fingerprint density at radius 2 is 2.00 bits per heavy atom. The van der Waals surface area contributed by atoms with E-state index in [1.54, 1.807) is 12.1 Å². The van der Waals surface area contributed by atoms with Gasteiger partial charge >= 0.3 is 0 Å². The van der Waals surface area contributed by atoms with Crippen molar-refractivity contribution in [1.29, 1.82) is 0 Å². The molecule has 2 N–H and O–H groups in total. The SMILES string of the molecule is CC(C)CCCC(C)n1nnnc1-c1cc(N)ccc1Cl. The fourth-order valence-corrected chi connectivity index (χ4v) is 2.53. The number of hydrogen-bond acceptors (Lipinski definition) is 4. The van der Waals surface area contributed by atoms with Crippen LogP contribution in [0.15, 0.2) is 18.2 Å². The molecule has 1 atom stereocenters. The van der Waals surface area contributed by atoms with Crippen molar-refractivity contribution < 1.29 is 0 Å². The number of benzene rings is 1. The van der Waals surface area contributed by atoms with Crippen molar-refractivity contribution >= 4 is 17.3 Å². The van der Waals surface area contributed by atoms with E-state index in [2.05, 4.69) is 36.3 Å². The molecule has 1 heterocycles. The molecule has 21 heavy (non-hydrogen) atoms. The minimum absolute atomic E-state index is 0.228. The Balaban J connectivity index is 2.20. The Hall–Kier alpha value is -1.62. The lowest BCUT2D eigenvalue weighted by Crippen LogP contribution is -2.10. The van der Waals surface area contributed by atoms with Gasteiger partial charge in [0.15, 0.2) is 5.82 Å². The topological polar surface area (TPSA) is 69.6 Å². The van der Waals surface area contributed by atoms with Gasteiger partial charge in [-0.2, -0.15) is 0 Å². The Morgan fingerprint density at radius 3 is 2.71 bits per heavy atom. The van der Waals surface area contributed by atoms with Crippen LogP contribution < -0.4 is 5.73 Å². The van der Waals surface area contributed by atoms with E-state index >= 15 is 0 Å². The molecule has 0 amide bonds. The second kappa shape index (κ2) is 6.89. The normalized spacial score (nSPS) is 12.8. The average molecular weight is 308 g/mol. The first-order valence-electron chi connectivity index (χ1n) is 7.32. The number of anilines is 1. The summed E-state index contributed by atoms with van der Waals surface area (Å²) in [6, 6.07) is 5.58. The third kappa shape index (κ3) is 3.94. The summed E-state index contributed by atoms with van der Waals surface area (Å²) in [6.07, 6.45) is 3.40. The number of nitrogen functional groups attached to an aromatic ring is 1. The van der Waals surface area contributed by atoms with Crippen molar-refractivity contribution in [2.45, 2.75) is 46.1 Å². The summed E-state index contributed by atoms with van der Waals surface area (Å²) in [5.41, 5.74) is 7.26. The van der Waals surface area contributed by atoms with Gasteiger partial charge in [0.05, 0.1) is 11.1 Å². The molecule has 0 saturated heterocycles. The highest BCUT2D eigenvalue weighted by atomic mass is 35.5. The lowest BCUT2D eigenvalue weighted by atomic mass is 10.0. The van der Waals surface area contributed by atoms with E-state index < -0.39 is 0 Å². The molecule has 1 aromatic carbocycles. The molecule has 5 nitrogen and oxygen atoms in total. The third-order valence-corrected chi connectivity index (χ3v) is 3.87. The van der Waals surface area contributed by atoms with E-state index in [0.29, 0.717) is 22.5 Å². The predicted molar refractivity (Wildman–Crippen MR) is 86.1 cm³/mol. The second-order valence-corrected chi connectivity index (χ2v) is 6.27. The third-order valence-electron chi connectivity index (χ3n) is 3.55. The number of nitrogens with two attached hydrogens (primary N) is 1. The molecule has 0 fully saturated rings. The number of tetrazole rings is 1. The van der Waals surface area contributed by atoms with Crippen LogP contribution >= 0.6 is 11.6 Å². The van der Waals surface area contributed by atoms with Crippen LogP contribution in [-0.2, 0) is 0 Å². The highest BCUT2D eigenvalue weighted by molar-refractivity contribution is 6.33. The fraction of sp³-hybridized carbons (Fsp3) is 0.533. The van der Waals surface area contributed by atoms with Crippen LogP contribution in [0.25, 0.3) is 11.4 Å². The average Bonchev–Trinajstić information content (AvgIpc) is 2.90. The summed E-state index contributed by atoms with van der Waals surface area (Å²) in [5.74, 6) is 1.39. The molecule has 6 heteroatoms. The summed E-state index contributed by atoms with van der Waals surface area (Å²) < 4.78 is 1.83. The first-order chi connectivity index (χ1) is 9.99. The first kappa shape index (κ1) is 15.8. The maximum atomic E-state index is 6.25. The van der Waals surface area contributed by atoms with Crippen LogP contribution in [-0.4, -0.2) is 20.2 Å². The predicted octanol–water partition coefficient (Wildman–Crippen LogP) is 3.96. The Bertz CT molecular complexity index is 593. The number of rotatable bonds is 6. The molecule has 0 aliphatic carbocycles. The number of nitrogens with zero attached hydrogens (tertiary/aromatic N) is 4. The van der Waals surface area contributed by atoms with Gasteiger partial charge in [-0.3, -0.25) is 0 Å². The van der Waals surface area contributed by atoms with E-state index in [1.165, 1.54) is 6.42 Å². The minimum atomic E-state index is 0.228. The molecule has 0 bridgehead atoms. The quantitative estimate of drug-likeness (QED) is 0.820. The van der Waals surface area contributed by atoms with Crippen LogP contribution in [0.5, 0.6) is 0 Å². The van der Waals surface area contributed by atoms with Gasteiger partial charge in [0, 0.05) is 11.3 Å². The Labute approximate surface area is 130 Å². The maximum absolute atomic E-state index is 6.25. The molecule has 1 aromatic heterocycles. The van der Waals surface area contributed by atoms with E-state index in [9.17, 15) is 0 Å². The zero-order chi connectivity index (χ0) is 15.4. The monoisotopic (exact) mass is 307 g/mol. The maximum Gasteiger partial charge on any atom is 0.183 e. The molecular formula is C15H22ClN5. The molecule has 0 aliphatic heterocycles. The highest BCUT2D eigenvalue weighted by Crippen LogP contribution is 2.30. The Morgan fingerprint density at radius 1 is 1.24 bits per heavy atom. The number of aromatic nitrogens is 4. The molecule has 0 spiro atoms. The molecule has 0 aliphatic rings. The summed E-state index contributed by atoms with van der Waals surface area (Å²) in [6.45, 7) is 6.60. The molecule has 0 saturated carbocycles. The number of halogens is 1. The zero-order valence-electron chi connectivity index (χ0n) is 12.8. The lowest BCUT2D eigenvalue weighted by molar-refractivity contribution is 0.414. The lowest BCUT2D eigenvalue weighted by Gasteiger charge is -2.14. The Kier molecular flexibility index (Phi) is 5.17. The molecule has 2 rings (SSSR count). The smallest absolute Gasteiger partial charge is 0.183 e. The van der Waals surface area contributed by atoms with Crippen molar-refractivity contribution in [1.82, 2.24) is 20.2 Å². The van der Waals surface area contributed by atoms with Gasteiger partial charge in [0.2, 0.25) is 0 Å². The van der Waals surface area contributed by atoms with E-state index in [0.717, 1.165) is 18.4 Å². The summed E-state index contributed by atoms with van der Waals surface area (Å²) in [7, 11) is 0. The van der Waals surface area contributed by atoms with Gasteiger partial charge in [-0.05, 0) is 47.9 Å². The van der Waals surface area contributed by atoms with Gasteiger partial charge in [0.1, 0.15) is 0 Å². The van der Waals surface area contributed by atoms with Crippen molar-refractivity contribution in [2.75, 3.05) is 5.73 Å². The molecule has 1 unspecified atom stereocenters. The van der Waals surface area contributed by atoms with Gasteiger partial charge in [-0.15, -0.1) is 5.10 Å². The molecular weight excluding hydrogens is 286 g/mol. The van der Waals surface area contributed by atoms with Gasteiger partial charge in [-0.25, -0.2) is 4.68 Å². The summed E-state index contributed by atoms with van der Waals surface area (Å²) in [5, 5.41) is 12.6. The highest BCUT2D eigenvalue weighted by Gasteiger charge is 2.17. The van der Waals surface area contributed by atoms with Crippen LogP contribution in [0, 0.1) is 5.92 Å². The first-order valence-corrected chi connectivity index (χ1v) is 7.70. The largest absolute Gasteiger partial charge is 0.399 e. The van der Waals surface area contributed by atoms with Crippen molar-refractivity contribution in [3.05, 3.63) is 23.2 Å². The van der Waals surface area contributed by atoms with Crippen molar-refractivity contribution in [2.24, 2.45) is 5.92 Å². The molecule has 0 radical (unpaired) electrons. The zero-order valence-corrected chi connectivity index (χ0v) is 13.5. The van der Waals surface area contributed by atoms with Gasteiger partial charge < -0.3 is 5.73 Å². The van der Waals surface area contributed by atoms with Crippen LogP contribution in [0.2, 0.25) is 5.02 Å². The van der Waals surface area contributed by atoms with E-state index in [-0.39, 0.29) is 6.04 Å². The summed E-state index contributed by atoms with van der Waals surface area (Å²) in [4.78, 5) is 0. The standard InChI is InChI=1S/C15H22ClN5/c1-10(2)5-4-6-11(3)21-15(18-19-20-21)13-9-12(17)7-8-14(13)16/h7-11H,4-6,17H2,1-3H3. The van der Waals surface area contributed by atoms with Crippen molar-refractivity contribution in [3.8, 4) is 11.4 Å². The van der Waals surface area contributed by atoms with Crippen LogP contribution in [0.1, 0.15) is 46.1 Å². The molecule has 114 valence electrons. The van der Waals surface area contributed by atoms with Crippen molar-refractivity contribution in [3.63, 3.8) is 0 Å². The van der Waals surface area contributed by atoms with Crippen LogP contribution in [0.3, 0.4) is 0 Å². The van der Waals surface area contributed by atoms with Crippen LogP contribution in [0.4, 0.5) is 5.69 Å². The van der Waals surface area contributed by atoms with Gasteiger partial charge in [-0.1, -0.05) is 38.3 Å². The minimum Gasteiger partial charge on any atom is -0.399 e.